The van der Waals surface area contributed by atoms with E-state index in [4.69, 9.17) is 4.98 Å². The molecule has 0 unspecified atom stereocenters. The Kier molecular flexibility index (Phi) is 6.43. The van der Waals surface area contributed by atoms with Crippen molar-refractivity contribution in [2.75, 3.05) is 22.9 Å². The summed E-state index contributed by atoms with van der Waals surface area (Å²) in [6.07, 6.45) is 2.29. The van der Waals surface area contributed by atoms with Crippen molar-refractivity contribution in [3.05, 3.63) is 52.7 Å². The van der Waals surface area contributed by atoms with Gasteiger partial charge in [0.15, 0.2) is 5.65 Å². The summed E-state index contributed by atoms with van der Waals surface area (Å²) in [5, 5.41) is 17.9. The maximum Gasteiger partial charge on any atom is 0.416 e. The topological polar surface area (TPSA) is 80.8 Å². The second kappa shape index (κ2) is 9.80. The third kappa shape index (κ3) is 5.84. The number of aryl methyl sites for hydroxylation is 3. The van der Waals surface area contributed by atoms with E-state index in [1.165, 1.54) is 42.6 Å². The summed E-state index contributed by atoms with van der Waals surface area (Å²) in [6.45, 7) is 4.13. The van der Waals surface area contributed by atoms with Gasteiger partial charge < -0.3 is 9.80 Å². The molecule has 3 aromatic heterocycles. The highest BCUT2D eigenvalue weighted by Crippen LogP contribution is 2.37. The lowest BCUT2D eigenvalue weighted by atomic mass is 10.1. The molecule has 0 bridgehead atoms. The largest absolute Gasteiger partial charge is 0.416 e. The molecule has 0 amide bonds. The lowest BCUT2D eigenvalue weighted by Gasteiger charge is -2.29. The monoisotopic (exact) mass is 539 g/mol. The highest BCUT2D eigenvalue weighted by atomic mass is 19.4. The van der Waals surface area contributed by atoms with E-state index in [2.05, 4.69) is 31.5 Å². The molecule has 2 aliphatic carbocycles. The van der Waals surface area contributed by atoms with E-state index in [0.717, 1.165) is 35.5 Å². The summed E-state index contributed by atoms with van der Waals surface area (Å²) in [5.41, 5.74) is 2.19. The smallest absolute Gasteiger partial charge is 0.356 e. The molecule has 39 heavy (non-hydrogen) atoms. The van der Waals surface area contributed by atoms with Crippen molar-refractivity contribution in [2.24, 2.45) is 25.9 Å². The molecule has 3 heterocycles. The highest BCUT2D eigenvalue weighted by Gasteiger charge is 2.33. The zero-order chi connectivity index (χ0) is 27.3. The summed E-state index contributed by atoms with van der Waals surface area (Å²) in [7, 11) is 3.56. The molecule has 0 N–H and O–H groups in total. The molecule has 0 atom stereocenters. The van der Waals surface area contributed by atoms with Crippen LogP contribution >= 0.6 is 0 Å². The van der Waals surface area contributed by atoms with E-state index in [-0.39, 0.29) is 6.54 Å². The summed E-state index contributed by atoms with van der Waals surface area (Å²) in [4.78, 5) is 10.7. The minimum atomic E-state index is -4.43. The fraction of sp³-hybridized carbons (Fsp3) is 0.519. The van der Waals surface area contributed by atoms with Crippen molar-refractivity contribution in [3.63, 3.8) is 0 Å². The number of rotatable bonds is 10. The second-order valence-electron chi connectivity index (χ2n) is 11.1. The normalized spacial score (nSPS) is 15.7. The van der Waals surface area contributed by atoms with Crippen molar-refractivity contribution >= 4 is 22.8 Å². The molecule has 4 aromatic rings. The predicted octanol–water partition coefficient (Wildman–Crippen LogP) is 4.65. The Balaban J connectivity index is 1.40. The van der Waals surface area contributed by atoms with Gasteiger partial charge in [-0.15, -0.1) is 5.10 Å². The van der Waals surface area contributed by atoms with Crippen LogP contribution in [0.1, 0.15) is 47.9 Å². The third-order valence-electron chi connectivity index (χ3n) is 7.39. The van der Waals surface area contributed by atoms with Gasteiger partial charge in [0.2, 0.25) is 0 Å². The van der Waals surface area contributed by atoms with Crippen molar-refractivity contribution in [1.82, 2.24) is 35.0 Å². The second-order valence-corrected chi connectivity index (χ2v) is 11.1. The van der Waals surface area contributed by atoms with Crippen molar-refractivity contribution in [3.8, 4) is 0 Å². The first-order valence-corrected chi connectivity index (χ1v) is 13.4. The molecule has 0 saturated heterocycles. The van der Waals surface area contributed by atoms with Gasteiger partial charge in [-0.1, -0.05) is 16.7 Å². The lowest BCUT2D eigenvalue weighted by molar-refractivity contribution is -0.137. The Morgan fingerprint density at radius 1 is 0.949 bits per heavy atom. The fourth-order valence-electron chi connectivity index (χ4n) is 5.11. The van der Waals surface area contributed by atoms with E-state index >= 15 is 0 Å². The SMILES string of the molecule is Cc1cc(CN(Cc2cc3cnn(C)c3nc2N(CC2CC2)CC2CC2)c2nnn(C)n2)cc(C(F)(F)F)c1. The average molecular weight is 540 g/mol. The number of pyridine rings is 1. The molecule has 12 heteroatoms. The Bertz CT molecular complexity index is 1470. The Hall–Kier alpha value is -3.70. The summed E-state index contributed by atoms with van der Waals surface area (Å²) >= 11 is 0. The summed E-state index contributed by atoms with van der Waals surface area (Å²) in [6, 6.07) is 6.24. The van der Waals surface area contributed by atoms with Gasteiger partial charge in [-0.05, 0) is 73.4 Å². The maximum absolute atomic E-state index is 13.6. The molecule has 2 saturated carbocycles. The van der Waals surface area contributed by atoms with Crippen LogP contribution in [0.3, 0.4) is 0 Å². The van der Waals surface area contributed by atoms with E-state index < -0.39 is 11.7 Å². The highest BCUT2D eigenvalue weighted by molar-refractivity contribution is 5.78. The minimum absolute atomic E-state index is 0.187. The van der Waals surface area contributed by atoms with Gasteiger partial charge in [0.05, 0.1) is 18.8 Å². The predicted molar refractivity (Wildman–Crippen MR) is 141 cm³/mol. The van der Waals surface area contributed by atoms with Gasteiger partial charge in [0.25, 0.3) is 5.95 Å². The number of alkyl halides is 3. The number of benzene rings is 1. The number of halogens is 3. The van der Waals surface area contributed by atoms with Crippen LogP contribution in [0.5, 0.6) is 0 Å². The van der Waals surface area contributed by atoms with Crippen LogP contribution in [-0.4, -0.2) is 48.1 Å². The van der Waals surface area contributed by atoms with Crippen LogP contribution < -0.4 is 9.80 Å². The van der Waals surface area contributed by atoms with Crippen molar-refractivity contribution in [2.45, 2.75) is 51.9 Å². The number of hydrogen-bond donors (Lipinski definition) is 0. The van der Waals surface area contributed by atoms with Crippen LogP contribution in [0.4, 0.5) is 24.9 Å². The van der Waals surface area contributed by atoms with Gasteiger partial charge in [0.1, 0.15) is 5.82 Å². The molecule has 0 aliphatic heterocycles. The van der Waals surface area contributed by atoms with Crippen LogP contribution in [-0.2, 0) is 33.4 Å². The van der Waals surface area contributed by atoms with E-state index in [0.29, 0.717) is 35.5 Å². The quantitative estimate of drug-likeness (QED) is 0.290. The van der Waals surface area contributed by atoms with Crippen LogP contribution in [0.2, 0.25) is 0 Å². The van der Waals surface area contributed by atoms with Gasteiger partial charge in [-0.25, -0.2) is 4.98 Å². The van der Waals surface area contributed by atoms with E-state index in [9.17, 15) is 13.2 Å². The zero-order valence-corrected chi connectivity index (χ0v) is 22.4. The fourth-order valence-corrected chi connectivity index (χ4v) is 5.11. The molecule has 0 radical (unpaired) electrons. The first kappa shape index (κ1) is 25.6. The summed E-state index contributed by atoms with van der Waals surface area (Å²) < 4.78 is 42.6. The Morgan fingerprint density at radius 3 is 2.28 bits per heavy atom. The number of tetrazole rings is 1. The van der Waals surface area contributed by atoms with Crippen molar-refractivity contribution < 1.29 is 13.2 Å². The van der Waals surface area contributed by atoms with Crippen molar-refractivity contribution in [1.29, 1.82) is 0 Å². The Morgan fingerprint density at radius 2 is 1.67 bits per heavy atom. The van der Waals surface area contributed by atoms with Crippen LogP contribution in [0.15, 0.2) is 30.5 Å². The molecular formula is C27H32F3N9. The van der Waals surface area contributed by atoms with E-state index in [1.807, 2.05) is 11.9 Å². The summed E-state index contributed by atoms with van der Waals surface area (Å²) in [5.74, 6) is 2.60. The van der Waals surface area contributed by atoms with Crippen LogP contribution in [0.25, 0.3) is 11.0 Å². The minimum Gasteiger partial charge on any atom is -0.356 e. The van der Waals surface area contributed by atoms with E-state index in [1.54, 1.807) is 30.9 Å². The average Bonchev–Trinajstić information content (AvgIpc) is 3.80. The standard InChI is InChI=1S/C27H32F3N9/c1-17-8-20(10-23(9-17)27(28,29)30)15-39(26-33-35-37(3)34-26)16-22-11-21-12-31-36(2)24(21)32-25(22)38(13-18-4-5-18)14-19-6-7-19/h8-12,18-19H,4-7,13-16H2,1-3H3. The first-order chi connectivity index (χ1) is 18.6. The lowest BCUT2D eigenvalue weighted by Crippen LogP contribution is -2.32. The molecule has 206 valence electrons. The number of anilines is 2. The number of hydrogen-bond acceptors (Lipinski definition) is 7. The molecule has 2 aliphatic rings. The number of fused-ring (bicyclic) bond motifs is 1. The molecule has 9 nitrogen and oxygen atoms in total. The van der Waals surface area contributed by atoms with Gasteiger partial charge >= 0.3 is 6.18 Å². The zero-order valence-electron chi connectivity index (χ0n) is 22.4. The maximum atomic E-state index is 13.6. The molecule has 1 aromatic carbocycles. The molecule has 6 rings (SSSR count). The number of nitrogens with zero attached hydrogens (tertiary/aromatic N) is 9. The molecular weight excluding hydrogens is 507 g/mol. The first-order valence-electron chi connectivity index (χ1n) is 13.4. The molecule has 2 fully saturated rings. The van der Waals surface area contributed by atoms with Gasteiger partial charge in [0, 0.05) is 44.2 Å². The van der Waals surface area contributed by atoms with Gasteiger partial charge in [-0.2, -0.15) is 23.1 Å². The number of aromatic nitrogens is 7. The third-order valence-corrected chi connectivity index (χ3v) is 7.39. The van der Waals surface area contributed by atoms with Gasteiger partial charge in [-0.3, -0.25) is 4.68 Å². The van der Waals surface area contributed by atoms with Crippen LogP contribution in [0, 0.1) is 18.8 Å². The Labute approximate surface area is 224 Å². The molecule has 0 spiro atoms.